The number of ketones is 1. The van der Waals surface area contributed by atoms with Crippen molar-refractivity contribution in [2.24, 2.45) is 0 Å². The van der Waals surface area contributed by atoms with Gasteiger partial charge in [0, 0.05) is 48.0 Å². The van der Waals surface area contributed by atoms with E-state index in [1.54, 1.807) is 24.4 Å². The number of oxazole rings is 1. The van der Waals surface area contributed by atoms with Gasteiger partial charge in [-0.15, -0.1) is 0 Å². The van der Waals surface area contributed by atoms with E-state index in [2.05, 4.69) is 25.6 Å². The molecule has 0 spiro atoms. The highest BCUT2D eigenvalue weighted by Gasteiger charge is 2.27. The van der Waals surface area contributed by atoms with E-state index in [0.717, 1.165) is 17.3 Å². The Morgan fingerprint density at radius 2 is 2.00 bits per heavy atom. The maximum atomic E-state index is 14.5. The fourth-order valence-electron chi connectivity index (χ4n) is 3.62. The summed E-state index contributed by atoms with van der Waals surface area (Å²) in [5.74, 6) is 0.442. The third-order valence-electron chi connectivity index (χ3n) is 5.26. The Morgan fingerprint density at radius 3 is 2.82 bits per heavy atom. The summed E-state index contributed by atoms with van der Waals surface area (Å²) in [6.07, 6.45) is 3.89. The van der Waals surface area contributed by atoms with Gasteiger partial charge in [0.25, 0.3) is 0 Å². The lowest BCUT2D eigenvalue weighted by molar-refractivity contribution is -0.127. The van der Waals surface area contributed by atoms with Crippen LogP contribution in [0.2, 0.25) is 0 Å². The zero-order valence-corrected chi connectivity index (χ0v) is 17.9. The smallest absolute Gasteiger partial charge is 0.229 e. The number of nitrogens with zero attached hydrogens (tertiary/aromatic N) is 3. The Balaban J connectivity index is 1.35. The Labute approximate surface area is 193 Å². The van der Waals surface area contributed by atoms with Crippen molar-refractivity contribution in [3.05, 3.63) is 72.5 Å². The van der Waals surface area contributed by atoms with Gasteiger partial charge in [0.1, 0.15) is 12.0 Å². The number of hydrogen-bond donors (Lipinski definition) is 3. The van der Waals surface area contributed by atoms with Crippen LogP contribution in [0.3, 0.4) is 0 Å². The van der Waals surface area contributed by atoms with Crippen LogP contribution in [0.1, 0.15) is 12.0 Å². The summed E-state index contributed by atoms with van der Waals surface area (Å²) in [4.78, 5) is 24.5. The van der Waals surface area contributed by atoms with Crippen LogP contribution < -0.4 is 15.4 Å². The van der Waals surface area contributed by atoms with E-state index in [1.807, 2.05) is 24.3 Å². The van der Waals surface area contributed by atoms with Gasteiger partial charge in [-0.25, -0.2) is 14.4 Å². The molecule has 172 valence electrons. The number of benzene rings is 2. The highest BCUT2D eigenvalue weighted by atomic mass is 19.1. The average molecular weight is 461 g/mol. The molecule has 3 heterocycles. The van der Waals surface area contributed by atoms with Gasteiger partial charge < -0.3 is 24.9 Å². The largest absolute Gasteiger partial charge is 0.482 e. The molecule has 9 nitrogen and oxygen atoms in total. The third-order valence-corrected chi connectivity index (χ3v) is 5.26. The fourth-order valence-corrected chi connectivity index (χ4v) is 3.62. The summed E-state index contributed by atoms with van der Waals surface area (Å²) in [7, 11) is 0. The number of carbonyl (C=O) groups excluding carboxylic acids is 1. The van der Waals surface area contributed by atoms with E-state index in [-0.39, 0.29) is 37.0 Å². The number of rotatable bonds is 7. The van der Waals surface area contributed by atoms with Crippen LogP contribution in [-0.4, -0.2) is 38.6 Å². The molecule has 5 rings (SSSR count). The van der Waals surface area contributed by atoms with Crippen molar-refractivity contribution in [3.8, 4) is 17.2 Å². The highest BCUT2D eigenvalue weighted by Crippen LogP contribution is 2.31. The molecule has 0 bridgehead atoms. The minimum Gasteiger partial charge on any atom is -0.482 e. The van der Waals surface area contributed by atoms with E-state index in [9.17, 15) is 9.18 Å². The topological polar surface area (TPSA) is 122 Å². The summed E-state index contributed by atoms with van der Waals surface area (Å²) in [5.41, 5.74) is 2.71. The standard InChI is InChI=1S/C24H20FN5O4/c25-18-13-27-24(29-16-3-1-2-15(10-16)23-26-7-9-33-23)30-22(18)28-17-5-4-14-11-19(32)20(6-8-31)34-21(14)12-17/h1-5,7,9-10,12-13,20,31H,6,8,11H2,(H2,27,28,29,30). The Kier molecular flexibility index (Phi) is 5.88. The number of hydrogen-bond acceptors (Lipinski definition) is 9. The van der Waals surface area contributed by atoms with Gasteiger partial charge in [-0.1, -0.05) is 12.1 Å². The first-order valence-corrected chi connectivity index (χ1v) is 10.6. The van der Waals surface area contributed by atoms with E-state index in [1.165, 1.54) is 6.26 Å². The normalized spacial score (nSPS) is 14.9. The predicted octanol–water partition coefficient (Wildman–Crippen LogP) is 4.01. The molecule has 0 saturated carbocycles. The second-order valence-electron chi connectivity index (χ2n) is 7.64. The Morgan fingerprint density at radius 1 is 1.12 bits per heavy atom. The molecule has 2 aromatic carbocycles. The number of aromatic nitrogens is 3. The summed E-state index contributed by atoms with van der Waals surface area (Å²) < 4.78 is 25.5. The van der Waals surface area contributed by atoms with Crippen molar-refractivity contribution in [2.75, 3.05) is 17.2 Å². The molecule has 0 aliphatic carbocycles. The van der Waals surface area contributed by atoms with Gasteiger partial charge in [0.2, 0.25) is 11.8 Å². The molecule has 3 N–H and O–H groups in total. The third kappa shape index (κ3) is 4.57. The van der Waals surface area contributed by atoms with Crippen LogP contribution >= 0.6 is 0 Å². The van der Waals surface area contributed by atoms with Gasteiger partial charge >= 0.3 is 0 Å². The molecule has 4 aromatic rings. The molecule has 10 heteroatoms. The van der Waals surface area contributed by atoms with Crippen molar-refractivity contribution in [2.45, 2.75) is 18.9 Å². The maximum Gasteiger partial charge on any atom is 0.229 e. The molecule has 0 fully saturated rings. The molecule has 34 heavy (non-hydrogen) atoms. The van der Waals surface area contributed by atoms with Crippen LogP contribution in [0.25, 0.3) is 11.5 Å². The van der Waals surface area contributed by atoms with Gasteiger partial charge in [-0.2, -0.15) is 4.98 Å². The molecule has 1 atom stereocenters. The molecule has 0 saturated heterocycles. The first kappa shape index (κ1) is 21.5. The van der Waals surface area contributed by atoms with Crippen molar-refractivity contribution in [1.82, 2.24) is 15.0 Å². The number of nitrogens with one attached hydrogen (secondary N) is 2. The average Bonchev–Trinajstić information content (AvgIpc) is 3.38. The number of fused-ring (bicyclic) bond motifs is 1. The second-order valence-corrected chi connectivity index (χ2v) is 7.64. The number of Topliss-reactive ketones (excluding diaryl/α,β-unsaturated/α-hetero) is 1. The number of aliphatic hydroxyl groups excluding tert-OH is 1. The van der Waals surface area contributed by atoms with Gasteiger partial charge in [-0.05, 0) is 24.3 Å². The predicted molar refractivity (Wildman–Crippen MR) is 122 cm³/mol. The quantitative estimate of drug-likeness (QED) is 0.375. The summed E-state index contributed by atoms with van der Waals surface area (Å²) >= 11 is 0. The number of anilines is 4. The van der Waals surface area contributed by atoms with Crippen LogP contribution in [0.15, 0.2) is 65.5 Å². The minimum absolute atomic E-state index is 0.0277. The lowest BCUT2D eigenvalue weighted by atomic mass is 9.99. The highest BCUT2D eigenvalue weighted by molar-refractivity contribution is 5.88. The maximum absolute atomic E-state index is 14.5. The van der Waals surface area contributed by atoms with Crippen molar-refractivity contribution in [3.63, 3.8) is 0 Å². The van der Waals surface area contributed by atoms with E-state index in [4.69, 9.17) is 14.3 Å². The number of ether oxygens (including phenoxy) is 1. The Bertz CT molecular complexity index is 1330. The van der Waals surface area contributed by atoms with Crippen molar-refractivity contribution < 1.29 is 23.4 Å². The van der Waals surface area contributed by atoms with E-state index < -0.39 is 11.9 Å². The first-order valence-electron chi connectivity index (χ1n) is 10.6. The lowest BCUT2D eigenvalue weighted by Gasteiger charge is -2.25. The zero-order valence-electron chi connectivity index (χ0n) is 17.9. The van der Waals surface area contributed by atoms with Crippen LogP contribution in [-0.2, 0) is 11.2 Å². The van der Waals surface area contributed by atoms with Gasteiger partial charge in [0.15, 0.2) is 23.5 Å². The Hall–Kier alpha value is -4.31. The van der Waals surface area contributed by atoms with Crippen LogP contribution in [0.4, 0.5) is 27.5 Å². The molecule has 2 aromatic heterocycles. The monoisotopic (exact) mass is 461 g/mol. The molecular weight excluding hydrogens is 441 g/mol. The molecule has 1 unspecified atom stereocenters. The SMILES string of the molecule is O=C1Cc2ccc(Nc3nc(Nc4cccc(-c5ncco5)c4)ncc3F)cc2OC1CCO. The molecule has 0 radical (unpaired) electrons. The minimum atomic E-state index is -0.688. The first-order chi connectivity index (χ1) is 16.6. The molecule has 1 aliphatic heterocycles. The zero-order chi connectivity index (χ0) is 23.5. The molecular formula is C24H20FN5O4. The van der Waals surface area contributed by atoms with E-state index in [0.29, 0.717) is 23.0 Å². The number of carbonyl (C=O) groups is 1. The van der Waals surface area contributed by atoms with Gasteiger partial charge in [0.05, 0.1) is 12.4 Å². The fraction of sp³-hybridized carbons (Fsp3) is 0.167. The van der Waals surface area contributed by atoms with Crippen molar-refractivity contribution in [1.29, 1.82) is 0 Å². The molecule has 1 aliphatic rings. The van der Waals surface area contributed by atoms with Crippen LogP contribution in [0, 0.1) is 5.82 Å². The summed E-state index contributed by atoms with van der Waals surface area (Å²) in [6.45, 7) is -0.146. The number of aliphatic hydroxyl groups is 1. The van der Waals surface area contributed by atoms with Gasteiger partial charge in [-0.3, -0.25) is 4.79 Å². The van der Waals surface area contributed by atoms with E-state index >= 15 is 0 Å². The van der Waals surface area contributed by atoms with Crippen molar-refractivity contribution >= 4 is 28.9 Å². The van der Waals surface area contributed by atoms with Crippen LogP contribution in [0.5, 0.6) is 5.75 Å². The summed E-state index contributed by atoms with van der Waals surface area (Å²) in [6, 6.07) is 12.5. The second kappa shape index (κ2) is 9.28. The lowest BCUT2D eigenvalue weighted by Crippen LogP contribution is -2.33. The summed E-state index contributed by atoms with van der Waals surface area (Å²) in [5, 5.41) is 15.1. The molecule has 0 amide bonds. The number of halogens is 1.